The lowest BCUT2D eigenvalue weighted by Gasteiger charge is -2.23. The number of hydrogen-bond acceptors (Lipinski definition) is 3. The molecule has 1 aliphatic rings. The van der Waals surface area contributed by atoms with E-state index < -0.39 is 0 Å². The van der Waals surface area contributed by atoms with Crippen molar-refractivity contribution < 1.29 is 4.74 Å². The maximum Gasteiger partial charge on any atom is 0.122 e. The van der Waals surface area contributed by atoms with Crippen LogP contribution in [0.1, 0.15) is 54.8 Å². The molecule has 2 rings (SSSR count). The highest BCUT2D eigenvalue weighted by molar-refractivity contribution is 7.99. The van der Waals surface area contributed by atoms with Crippen LogP contribution in [0.15, 0.2) is 12.1 Å². The van der Waals surface area contributed by atoms with E-state index in [1.54, 1.807) is 7.11 Å². The highest BCUT2D eigenvalue weighted by atomic mass is 32.2. The standard InChI is InChI=1S/C17H27NOS/c1-12-10-17(19-3)13(2)9-15(12)16(18)11-20-14-7-5-4-6-8-14/h9-10,14,16H,4-8,11,18H2,1-3H3. The van der Waals surface area contributed by atoms with Crippen LogP contribution >= 0.6 is 11.8 Å². The predicted octanol–water partition coefficient (Wildman–Crippen LogP) is 4.38. The number of aryl methyl sites for hydroxylation is 2. The van der Waals surface area contributed by atoms with Gasteiger partial charge in [-0.1, -0.05) is 25.3 Å². The van der Waals surface area contributed by atoms with E-state index in [1.807, 2.05) is 0 Å². The third-order valence-corrected chi connectivity index (χ3v) is 5.74. The maximum atomic E-state index is 6.41. The van der Waals surface area contributed by atoms with E-state index in [-0.39, 0.29) is 6.04 Å². The molecule has 1 aliphatic carbocycles. The Bertz CT molecular complexity index is 441. The van der Waals surface area contributed by atoms with E-state index in [9.17, 15) is 0 Å². The van der Waals surface area contributed by atoms with Crippen LogP contribution in [0.3, 0.4) is 0 Å². The normalized spacial score (nSPS) is 18.0. The van der Waals surface area contributed by atoms with Gasteiger partial charge >= 0.3 is 0 Å². The van der Waals surface area contributed by atoms with Crippen molar-refractivity contribution in [2.75, 3.05) is 12.9 Å². The smallest absolute Gasteiger partial charge is 0.122 e. The average Bonchev–Trinajstić information content (AvgIpc) is 2.47. The summed E-state index contributed by atoms with van der Waals surface area (Å²) in [5.41, 5.74) is 10.1. The Hall–Kier alpha value is -0.670. The first kappa shape index (κ1) is 15.7. The predicted molar refractivity (Wildman–Crippen MR) is 88.7 cm³/mol. The summed E-state index contributed by atoms with van der Waals surface area (Å²) in [7, 11) is 1.72. The van der Waals surface area contributed by atoms with Gasteiger partial charge in [-0.25, -0.2) is 0 Å². The first-order chi connectivity index (χ1) is 9.61. The molecule has 0 aliphatic heterocycles. The lowest BCUT2D eigenvalue weighted by Crippen LogP contribution is -2.18. The molecule has 1 aromatic carbocycles. The summed E-state index contributed by atoms with van der Waals surface area (Å²) >= 11 is 2.07. The number of methoxy groups -OCH3 is 1. The third-order valence-electron chi connectivity index (χ3n) is 4.25. The Morgan fingerprint density at radius 2 is 1.90 bits per heavy atom. The van der Waals surface area contributed by atoms with Crippen molar-refractivity contribution in [3.05, 3.63) is 28.8 Å². The lowest BCUT2D eigenvalue weighted by molar-refractivity contribution is 0.411. The van der Waals surface area contributed by atoms with E-state index in [1.165, 1.54) is 48.8 Å². The second-order valence-corrected chi connectivity index (χ2v) is 7.21. The first-order valence-corrected chi connectivity index (χ1v) is 8.69. The Morgan fingerprint density at radius 1 is 1.20 bits per heavy atom. The number of thioether (sulfide) groups is 1. The second-order valence-electron chi connectivity index (χ2n) is 5.88. The van der Waals surface area contributed by atoms with Gasteiger partial charge in [0, 0.05) is 17.0 Å². The molecule has 0 amide bonds. The fourth-order valence-corrected chi connectivity index (χ4v) is 4.32. The largest absolute Gasteiger partial charge is 0.496 e. The molecule has 0 aromatic heterocycles. The Balaban J connectivity index is 1.97. The van der Waals surface area contributed by atoms with Crippen LogP contribution < -0.4 is 10.5 Å². The zero-order valence-electron chi connectivity index (χ0n) is 12.9. The van der Waals surface area contributed by atoms with Gasteiger partial charge in [-0.05, 0) is 49.4 Å². The van der Waals surface area contributed by atoms with Crippen molar-refractivity contribution >= 4 is 11.8 Å². The van der Waals surface area contributed by atoms with Crippen LogP contribution in [-0.4, -0.2) is 18.1 Å². The van der Waals surface area contributed by atoms with Gasteiger partial charge in [-0.15, -0.1) is 0 Å². The molecule has 20 heavy (non-hydrogen) atoms. The summed E-state index contributed by atoms with van der Waals surface area (Å²) < 4.78 is 5.37. The van der Waals surface area contributed by atoms with Crippen LogP contribution in [0.4, 0.5) is 0 Å². The van der Waals surface area contributed by atoms with Crippen molar-refractivity contribution in [3.8, 4) is 5.75 Å². The highest BCUT2D eigenvalue weighted by Gasteiger charge is 2.17. The van der Waals surface area contributed by atoms with Crippen LogP contribution in [0, 0.1) is 13.8 Å². The number of rotatable bonds is 5. The molecule has 1 fully saturated rings. The average molecular weight is 293 g/mol. The number of benzene rings is 1. The van der Waals surface area contributed by atoms with Gasteiger partial charge in [-0.3, -0.25) is 0 Å². The van der Waals surface area contributed by atoms with Gasteiger partial charge in [0.05, 0.1) is 7.11 Å². The summed E-state index contributed by atoms with van der Waals surface area (Å²) in [6.45, 7) is 4.21. The maximum absolute atomic E-state index is 6.41. The molecule has 2 nitrogen and oxygen atoms in total. The van der Waals surface area contributed by atoms with E-state index in [0.717, 1.165) is 16.8 Å². The molecule has 1 atom stereocenters. The minimum Gasteiger partial charge on any atom is -0.496 e. The Labute approximate surface area is 127 Å². The van der Waals surface area contributed by atoms with Gasteiger partial charge in [0.15, 0.2) is 0 Å². The van der Waals surface area contributed by atoms with Crippen LogP contribution in [0.5, 0.6) is 5.75 Å². The molecule has 1 unspecified atom stereocenters. The van der Waals surface area contributed by atoms with E-state index >= 15 is 0 Å². The molecular weight excluding hydrogens is 266 g/mol. The number of ether oxygens (including phenoxy) is 1. The topological polar surface area (TPSA) is 35.2 Å². The van der Waals surface area contributed by atoms with E-state index in [4.69, 9.17) is 10.5 Å². The van der Waals surface area contributed by atoms with Crippen molar-refractivity contribution in [3.63, 3.8) is 0 Å². The fourth-order valence-electron chi connectivity index (χ4n) is 2.99. The third kappa shape index (κ3) is 3.92. The SMILES string of the molecule is COc1cc(C)c(C(N)CSC2CCCCC2)cc1C. The molecule has 1 aromatic rings. The molecule has 112 valence electrons. The monoisotopic (exact) mass is 293 g/mol. The van der Waals surface area contributed by atoms with Crippen molar-refractivity contribution in [1.29, 1.82) is 0 Å². The molecule has 2 N–H and O–H groups in total. The van der Waals surface area contributed by atoms with Gasteiger partial charge in [0.1, 0.15) is 5.75 Å². The lowest BCUT2D eigenvalue weighted by atomic mass is 9.99. The summed E-state index contributed by atoms with van der Waals surface area (Å²) in [6.07, 6.45) is 6.96. The van der Waals surface area contributed by atoms with Gasteiger partial charge in [-0.2, -0.15) is 11.8 Å². The van der Waals surface area contributed by atoms with E-state index in [0.29, 0.717) is 0 Å². The minimum atomic E-state index is 0.131. The quantitative estimate of drug-likeness (QED) is 0.875. The second kappa shape index (κ2) is 7.37. The van der Waals surface area contributed by atoms with E-state index in [2.05, 4.69) is 37.7 Å². The molecule has 3 heteroatoms. The number of hydrogen-bond donors (Lipinski definition) is 1. The molecule has 0 saturated heterocycles. The molecule has 0 heterocycles. The van der Waals surface area contributed by atoms with Gasteiger partial charge < -0.3 is 10.5 Å². The summed E-state index contributed by atoms with van der Waals surface area (Å²) in [6, 6.07) is 4.43. The summed E-state index contributed by atoms with van der Waals surface area (Å²) in [5, 5.41) is 0.828. The summed E-state index contributed by atoms with van der Waals surface area (Å²) in [4.78, 5) is 0. The fraction of sp³-hybridized carbons (Fsp3) is 0.647. The Morgan fingerprint density at radius 3 is 2.55 bits per heavy atom. The van der Waals surface area contributed by atoms with Crippen LogP contribution in [0.2, 0.25) is 0 Å². The zero-order valence-corrected chi connectivity index (χ0v) is 13.8. The molecule has 1 saturated carbocycles. The molecule has 0 radical (unpaired) electrons. The van der Waals surface area contributed by atoms with Gasteiger partial charge in [0.25, 0.3) is 0 Å². The van der Waals surface area contributed by atoms with Crippen molar-refractivity contribution in [1.82, 2.24) is 0 Å². The first-order valence-electron chi connectivity index (χ1n) is 7.64. The zero-order chi connectivity index (χ0) is 14.5. The minimum absolute atomic E-state index is 0.131. The van der Waals surface area contributed by atoms with Crippen LogP contribution in [-0.2, 0) is 0 Å². The molecule has 0 bridgehead atoms. The van der Waals surface area contributed by atoms with Gasteiger partial charge in [0.2, 0.25) is 0 Å². The Kier molecular flexibility index (Phi) is 5.79. The summed E-state index contributed by atoms with van der Waals surface area (Å²) in [5.74, 6) is 1.98. The highest BCUT2D eigenvalue weighted by Crippen LogP contribution is 2.32. The molecule has 0 spiro atoms. The van der Waals surface area contributed by atoms with Crippen molar-refractivity contribution in [2.24, 2.45) is 5.73 Å². The number of nitrogens with two attached hydrogens (primary N) is 1. The molecular formula is C17H27NOS. The van der Waals surface area contributed by atoms with Crippen LogP contribution in [0.25, 0.3) is 0 Å². The van der Waals surface area contributed by atoms with Crippen molar-refractivity contribution in [2.45, 2.75) is 57.2 Å².